The second-order valence-electron chi connectivity index (χ2n) is 3.28. The van der Waals surface area contributed by atoms with E-state index in [0.717, 1.165) is 6.42 Å². The van der Waals surface area contributed by atoms with Crippen LogP contribution in [0, 0.1) is 0 Å². The molecule has 1 aromatic carbocycles. The smallest absolute Gasteiger partial charge is 0.304 e. The first-order valence-corrected chi connectivity index (χ1v) is 5.01. The molecule has 0 aliphatic rings. The van der Waals surface area contributed by atoms with Gasteiger partial charge in [0.15, 0.2) is 6.29 Å². The van der Waals surface area contributed by atoms with Crippen LogP contribution in [0.5, 0.6) is 0 Å². The minimum absolute atomic E-state index is 0.317. The third-order valence-electron chi connectivity index (χ3n) is 1.92. The highest BCUT2D eigenvalue weighted by molar-refractivity contribution is 5.65. The van der Waals surface area contributed by atoms with Gasteiger partial charge >= 0.3 is 5.97 Å². The van der Waals surface area contributed by atoms with Gasteiger partial charge in [-0.2, -0.15) is 0 Å². The lowest BCUT2D eigenvalue weighted by Crippen LogP contribution is -2.17. The van der Waals surface area contributed by atoms with Gasteiger partial charge in [-0.25, -0.2) is 0 Å². The summed E-state index contributed by atoms with van der Waals surface area (Å²) in [5.41, 5.74) is 1.22. The second-order valence-corrected chi connectivity index (χ2v) is 3.28. The summed E-state index contributed by atoms with van der Waals surface area (Å²) in [4.78, 5) is 10.6. The van der Waals surface area contributed by atoms with E-state index >= 15 is 0 Å². The Kier molecular flexibility index (Phi) is 4.84. The van der Waals surface area contributed by atoms with Crippen LogP contribution in [0.1, 0.15) is 19.4 Å². The summed E-state index contributed by atoms with van der Waals surface area (Å²) in [6.07, 6.45) is 0.359. The molecule has 15 heavy (non-hydrogen) atoms. The van der Waals surface area contributed by atoms with E-state index in [1.165, 1.54) is 12.5 Å². The van der Waals surface area contributed by atoms with Crippen molar-refractivity contribution >= 4 is 5.97 Å². The molecule has 1 atom stereocenters. The highest BCUT2D eigenvalue weighted by atomic mass is 16.7. The third kappa shape index (κ3) is 5.18. The van der Waals surface area contributed by atoms with Gasteiger partial charge in [0.05, 0.1) is 6.61 Å². The van der Waals surface area contributed by atoms with E-state index in [1.54, 1.807) is 6.92 Å². The van der Waals surface area contributed by atoms with Gasteiger partial charge in [-0.15, -0.1) is 0 Å². The number of carbonyl (C=O) groups is 1. The van der Waals surface area contributed by atoms with Crippen molar-refractivity contribution in [2.75, 3.05) is 6.61 Å². The van der Waals surface area contributed by atoms with Crippen molar-refractivity contribution in [1.82, 2.24) is 0 Å². The molecular formula is C12H16O3. The molecule has 0 heterocycles. The second kappa shape index (κ2) is 6.19. The number of carbonyl (C=O) groups excluding carboxylic acids is 1. The van der Waals surface area contributed by atoms with Gasteiger partial charge < -0.3 is 9.47 Å². The molecule has 3 nitrogen and oxygen atoms in total. The molecule has 0 saturated heterocycles. The summed E-state index contributed by atoms with van der Waals surface area (Å²) in [7, 11) is 0. The molecule has 0 bridgehead atoms. The van der Waals surface area contributed by atoms with E-state index in [9.17, 15) is 4.79 Å². The Labute approximate surface area is 90.0 Å². The maximum Gasteiger partial charge on any atom is 0.304 e. The Hall–Kier alpha value is -1.35. The summed E-state index contributed by atoms with van der Waals surface area (Å²) in [5, 5.41) is 0. The lowest BCUT2D eigenvalue weighted by atomic mass is 10.2. The fourth-order valence-corrected chi connectivity index (χ4v) is 1.26. The average Bonchev–Trinajstić information content (AvgIpc) is 2.18. The first-order valence-electron chi connectivity index (χ1n) is 5.01. The lowest BCUT2D eigenvalue weighted by molar-refractivity contribution is -0.171. The molecule has 3 heteroatoms. The molecule has 82 valence electrons. The standard InChI is InChI=1S/C12H16O3/c1-10(13)15-11(2)14-9-8-12-6-4-3-5-7-12/h3-7,11H,8-9H2,1-2H3. The van der Waals surface area contributed by atoms with Gasteiger partial charge in [0.25, 0.3) is 0 Å². The molecule has 0 radical (unpaired) electrons. The molecule has 1 rings (SSSR count). The largest absolute Gasteiger partial charge is 0.436 e. The number of ether oxygens (including phenoxy) is 2. The van der Waals surface area contributed by atoms with Crippen molar-refractivity contribution in [3.8, 4) is 0 Å². The SMILES string of the molecule is CC(=O)OC(C)OCCc1ccccc1. The average molecular weight is 208 g/mol. The summed E-state index contributed by atoms with van der Waals surface area (Å²) in [6.45, 7) is 3.64. The van der Waals surface area contributed by atoms with E-state index < -0.39 is 6.29 Å². The van der Waals surface area contributed by atoms with E-state index in [0.29, 0.717) is 6.61 Å². The predicted octanol–water partition coefficient (Wildman–Crippen LogP) is 2.15. The van der Waals surface area contributed by atoms with Crippen LogP contribution in [0.2, 0.25) is 0 Å². The van der Waals surface area contributed by atoms with Crippen LogP contribution in [0.25, 0.3) is 0 Å². The van der Waals surface area contributed by atoms with Crippen molar-refractivity contribution in [3.05, 3.63) is 35.9 Å². The molecule has 0 aliphatic carbocycles. The molecule has 1 unspecified atom stereocenters. The number of hydrogen-bond donors (Lipinski definition) is 0. The van der Waals surface area contributed by atoms with Crippen LogP contribution in [0.15, 0.2) is 30.3 Å². The highest BCUT2D eigenvalue weighted by Gasteiger charge is 2.04. The number of hydrogen-bond acceptors (Lipinski definition) is 3. The molecule has 0 spiro atoms. The van der Waals surface area contributed by atoms with Crippen molar-refractivity contribution in [2.45, 2.75) is 26.6 Å². The maximum atomic E-state index is 10.6. The zero-order chi connectivity index (χ0) is 11.1. The predicted molar refractivity (Wildman–Crippen MR) is 57.3 cm³/mol. The van der Waals surface area contributed by atoms with E-state index in [4.69, 9.17) is 9.47 Å². The van der Waals surface area contributed by atoms with Gasteiger partial charge in [0.2, 0.25) is 0 Å². The highest BCUT2D eigenvalue weighted by Crippen LogP contribution is 2.01. The van der Waals surface area contributed by atoms with E-state index in [-0.39, 0.29) is 5.97 Å². The fraction of sp³-hybridized carbons (Fsp3) is 0.417. The van der Waals surface area contributed by atoms with Gasteiger partial charge in [0, 0.05) is 6.92 Å². The molecule has 1 aromatic rings. The number of esters is 1. The molecule has 0 saturated carbocycles. The normalized spacial score (nSPS) is 12.1. The fourth-order valence-electron chi connectivity index (χ4n) is 1.26. The van der Waals surface area contributed by atoms with Gasteiger partial charge in [-0.3, -0.25) is 4.79 Å². The van der Waals surface area contributed by atoms with Crippen molar-refractivity contribution in [2.24, 2.45) is 0 Å². The first-order chi connectivity index (χ1) is 7.18. The lowest BCUT2D eigenvalue weighted by Gasteiger charge is -2.12. The quantitative estimate of drug-likeness (QED) is 0.549. The van der Waals surface area contributed by atoms with Crippen molar-refractivity contribution < 1.29 is 14.3 Å². The molecule has 0 N–H and O–H groups in total. The minimum atomic E-state index is -0.466. The summed E-state index contributed by atoms with van der Waals surface area (Å²) >= 11 is 0. The van der Waals surface area contributed by atoms with Crippen LogP contribution < -0.4 is 0 Å². The van der Waals surface area contributed by atoms with Gasteiger partial charge in [0.1, 0.15) is 0 Å². The molecular weight excluding hydrogens is 192 g/mol. The van der Waals surface area contributed by atoms with Gasteiger partial charge in [-0.05, 0) is 18.9 Å². The van der Waals surface area contributed by atoms with Crippen molar-refractivity contribution in [1.29, 1.82) is 0 Å². The Bertz CT molecular complexity index is 295. The van der Waals surface area contributed by atoms with Crippen LogP contribution in [-0.4, -0.2) is 18.9 Å². The molecule has 0 amide bonds. The van der Waals surface area contributed by atoms with Crippen LogP contribution in [0.4, 0.5) is 0 Å². The Morgan fingerprint density at radius 2 is 2.00 bits per heavy atom. The third-order valence-corrected chi connectivity index (χ3v) is 1.92. The molecule has 0 aliphatic heterocycles. The van der Waals surface area contributed by atoms with Crippen LogP contribution in [-0.2, 0) is 20.7 Å². The molecule has 0 aromatic heterocycles. The number of benzene rings is 1. The Morgan fingerprint density at radius 3 is 2.60 bits per heavy atom. The number of rotatable bonds is 5. The summed E-state index contributed by atoms with van der Waals surface area (Å²) in [5.74, 6) is -0.317. The Balaban J connectivity index is 2.19. The zero-order valence-corrected chi connectivity index (χ0v) is 9.10. The maximum absolute atomic E-state index is 10.6. The Morgan fingerprint density at radius 1 is 1.33 bits per heavy atom. The van der Waals surface area contributed by atoms with E-state index in [2.05, 4.69) is 0 Å². The first kappa shape index (κ1) is 11.7. The van der Waals surface area contributed by atoms with Crippen LogP contribution >= 0.6 is 0 Å². The summed E-state index contributed by atoms with van der Waals surface area (Å²) < 4.78 is 10.1. The van der Waals surface area contributed by atoms with Crippen molar-refractivity contribution in [3.63, 3.8) is 0 Å². The summed E-state index contributed by atoms with van der Waals surface area (Å²) in [6, 6.07) is 10.0. The molecule has 0 fully saturated rings. The van der Waals surface area contributed by atoms with E-state index in [1.807, 2.05) is 30.3 Å². The monoisotopic (exact) mass is 208 g/mol. The zero-order valence-electron chi connectivity index (χ0n) is 9.10. The minimum Gasteiger partial charge on any atom is -0.436 e. The topological polar surface area (TPSA) is 35.5 Å². The van der Waals surface area contributed by atoms with Crippen LogP contribution in [0.3, 0.4) is 0 Å². The van der Waals surface area contributed by atoms with Gasteiger partial charge in [-0.1, -0.05) is 30.3 Å².